The van der Waals surface area contributed by atoms with Gasteiger partial charge < -0.3 is 15.0 Å². The first kappa shape index (κ1) is 11.5. The van der Waals surface area contributed by atoms with E-state index < -0.39 is 0 Å². The number of aromatic nitrogens is 3. The summed E-state index contributed by atoms with van der Waals surface area (Å²) in [6.07, 6.45) is 2.04. The Morgan fingerprint density at radius 3 is 2.78 bits per heavy atom. The van der Waals surface area contributed by atoms with Gasteiger partial charge in [-0.2, -0.15) is 9.97 Å². The quantitative estimate of drug-likeness (QED) is 0.737. The SMILES string of the molecule is O=c1nc(N2CCOCC2)nc2n1CCCCN2. The summed E-state index contributed by atoms with van der Waals surface area (Å²) in [6.45, 7) is 4.36. The van der Waals surface area contributed by atoms with Crippen LogP contribution in [-0.4, -0.2) is 47.4 Å². The van der Waals surface area contributed by atoms with E-state index in [0.29, 0.717) is 31.7 Å². The van der Waals surface area contributed by atoms with Crippen molar-refractivity contribution < 1.29 is 4.74 Å². The van der Waals surface area contributed by atoms with Gasteiger partial charge in [0.15, 0.2) is 0 Å². The molecule has 7 heteroatoms. The van der Waals surface area contributed by atoms with Crippen LogP contribution in [-0.2, 0) is 11.3 Å². The maximum atomic E-state index is 12.0. The molecule has 0 aromatic carbocycles. The van der Waals surface area contributed by atoms with Crippen molar-refractivity contribution in [3.63, 3.8) is 0 Å². The summed E-state index contributed by atoms with van der Waals surface area (Å²) in [4.78, 5) is 22.5. The predicted molar refractivity (Wildman–Crippen MR) is 67.0 cm³/mol. The first-order valence-corrected chi connectivity index (χ1v) is 6.40. The van der Waals surface area contributed by atoms with Crippen molar-refractivity contribution in [3.05, 3.63) is 10.5 Å². The highest BCUT2D eigenvalue weighted by molar-refractivity contribution is 5.37. The molecule has 1 aromatic heterocycles. The molecule has 1 aromatic rings. The molecule has 0 spiro atoms. The zero-order valence-corrected chi connectivity index (χ0v) is 10.3. The van der Waals surface area contributed by atoms with Crippen LogP contribution in [0.1, 0.15) is 12.8 Å². The van der Waals surface area contributed by atoms with Crippen molar-refractivity contribution in [2.45, 2.75) is 19.4 Å². The van der Waals surface area contributed by atoms with Crippen LogP contribution >= 0.6 is 0 Å². The van der Waals surface area contributed by atoms with E-state index >= 15 is 0 Å². The minimum absolute atomic E-state index is 0.212. The second-order valence-electron chi connectivity index (χ2n) is 4.51. The Hall–Kier alpha value is -1.63. The molecule has 2 aliphatic heterocycles. The number of fused-ring (bicyclic) bond motifs is 1. The molecule has 0 aliphatic carbocycles. The number of nitrogens with zero attached hydrogens (tertiary/aromatic N) is 4. The van der Waals surface area contributed by atoms with Gasteiger partial charge in [-0.1, -0.05) is 0 Å². The molecule has 0 amide bonds. The zero-order chi connectivity index (χ0) is 12.4. The highest BCUT2D eigenvalue weighted by Crippen LogP contribution is 2.13. The van der Waals surface area contributed by atoms with Crippen molar-refractivity contribution in [2.24, 2.45) is 0 Å². The van der Waals surface area contributed by atoms with E-state index in [2.05, 4.69) is 15.3 Å². The van der Waals surface area contributed by atoms with E-state index in [1.165, 1.54) is 0 Å². The van der Waals surface area contributed by atoms with Gasteiger partial charge in [-0.3, -0.25) is 4.57 Å². The van der Waals surface area contributed by atoms with E-state index in [0.717, 1.165) is 32.5 Å². The van der Waals surface area contributed by atoms with E-state index in [4.69, 9.17) is 4.74 Å². The van der Waals surface area contributed by atoms with Crippen LogP contribution in [0.4, 0.5) is 11.9 Å². The van der Waals surface area contributed by atoms with Gasteiger partial charge in [-0.25, -0.2) is 4.79 Å². The Labute approximate surface area is 105 Å². The lowest BCUT2D eigenvalue weighted by Gasteiger charge is -2.27. The first-order valence-electron chi connectivity index (χ1n) is 6.40. The van der Waals surface area contributed by atoms with Crippen LogP contribution in [0.5, 0.6) is 0 Å². The molecule has 7 nitrogen and oxygen atoms in total. The van der Waals surface area contributed by atoms with Crippen molar-refractivity contribution >= 4 is 11.9 Å². The molecule has 18 heavy (non-hydrogen) atoms. The summed E-state index contributed by atoms with van der Waals surface area (Å²) in [5.41, 5.74) is -0.212. The number of hydrogen-bond donors (Lipinski definition) is 1. The number of nitrogens with one attached hydrogen (secondary N) is 1. The Bertz CT molecular complexity index is 481. The number of anilines is 2. The molecular formula is C11H17N5O2. The van der Waals surface area contributed by atoms with Gasteiger partial charge in [-0.05, 0) is 12.8 Å². The van der Waals surface area contributed by atoms with E-state index in [1.54, 1.807) is 4.57 Å². The molecule has 3 rings (SSSR count). The monoisotopic (exact) mass is 251 g/mol. The lowest BCUT2D eigenvalue weighted by atomic mass is 10.3. The highest BCUT2D eigenvalue weighted by atomic mass is 16.5. The molecule has 3 heterocycles. The van der Waals surface area contributed by atoms with Gasteiger partial charge in [0.05, 0.1) is 13.2 Å². The molecule has 0 bridgehead atoms. The standard InChI is InChI=1S/C11H17N5O2/c17-11-14-10(15-5-7-18-8-6-15)13-9-12-3-1-2-4-16(9)11/h1-8H2,(H,12,13,14,17). The second-order valence-corrected chi connectivity index (χ2v) is 4.51. The van der Waals surface area contributed by atoms with Crippen LogP contribution in [0.3, 0.4) is 0 Å². The van der Waals surface area contributed by atoms with E-state index in [-0.39, 0.29) is 5.69 Å². The van der Waals surface area contributed by atoms with E-state index in [9.17, 15) is 4.79 Å². The lowest BCUT2D eigenvalue weighted by Crippen LogP contribution is -2.39. The van der Waals surface area contributed by atoms with Gasteiger partial charge in [0.25, 0.3) is 0 Å². The summed E-state index contributed by atoms with van der Waals surface area (Å²) in [6, 6.07) is 0. The van der Waals surface area contributed by atoms with Crippen molar-refractivity contribution in [1.82, 2.24) is 14.5 Å². The molecule has 0 atom stereocenters. The third-order valence-corrected chi connectivity index (χ3v) is 3.27. The Morgan fingerprint density at radius 2 is 1.94 bits per heavy atom. The molecule has 1 fully saturated rings. The molecule has 1 N–H and O–H groups in total. The summed E-state index contributed by atoms with van der Waals surface area (Å²) in [5.74, 6) is 1.16. The molecule has 98 valence electrons. The van der Waals surface area contributed by atoms with Crippen molar-refractivity contribution in [3.8, 4) is 0 Å². The minimum Gasteiger partial charge on any atom is -0.378 e. The first-order chi connectivity index (χ1) is 8.84. The fraction of sp³-hybridized carbons (Fsp3) is 0.727. The molecule has 0 saturated carbocycles. The fourth-order valence-corrected chi connectivity index (χ4v) is 2.25. The highest BCUT2D eigenvalue weighted by Gasteiger charge is 2.18. The van der Waals surface area contributed by atoms with Gasteiger partial charge in [-0.15, -0.1) is 0 Å². The number of ether oxygens (including phenoxy) is 1. The summed E-state index contributed by atoms with van der Waals surface area (Å²) in [7, 11) is 0. The Kier molecular flexibility index (Phi) is 3.14. The average Bonchev–Trinajstić information content (AvgIpc) is 2.65. The molecule has 0 radical (unpaired) electrons. The Balaban J connectivity index is 1.94. The van der Waals surface area contributed by atoms with Gasteiger partial charge in [0.1, 0.15) is 0 Å². The number of morpholine rings is 1. The fourth-order valence-electron chi connectivity index (χ4n) is 2.25. The topological polar surface area (TPSA) is 72.3 Å². The predicted octanol–water partition coefficient (Wildman–Crippen LogP) is -0.319. The van der Waals surface area contributed by atoms with Crippen molar-refractivity contribution in [1.29, 1.82) is 0 Å². The normalized spacial score (nSPS) is 19.9. The second kappa shape index (κ2) is 4.93. The molecule has 0 unspecified atom stereocenters. The minimum atomic E-state index is -0.212. The maximum Gasteiger partial charge on any atom is 0.353 e. The number of rotatable bonds is 1. The van der Waals surface area contributed by atoms with Gasteiger partial charge in [0.2, 0.25) is 11.9 Å². The van der Waals surface area contributed by atoms with Crippen LogP contribution in [0, 0.1) is 0 Å². The summed E-state index contributed by atoms with van der Waals surface area (Å²) < 4.78 is 6.91. The summed E-state index contributed by atoms with van der Waals surface area (Å²) >= 11 is 0. The third kappa shape index (κ3) is 2.17. The lowest BCUT2D eigenvalue weighted by molar-refractivity contribution is 0.122. The van der Waals surface area contributed by atoms with Crippen LogP contribution in [0.2, 0.25) is 0 Å². The smallest absolute Gasteiger partial charge is 0.353 e. The van der Waals surface area contributed by atoms with Crippen molar-refractivity contribution in [2.75, 3.05) is 43.1 Å². The van der Waals surface area contributed by atoms with Crippen LogP contribution < -0.4 is 15.9 Å². The molecular weight excluding hydrogens is 234 g/mol. The molecule has 2 aliphatic rings. The van der Waals surface area contributed by atoms with Crippen LogP contribution in [0.25, 0.3) is 0 Å². The molecule has 1 saturated heterocycles. The maximum absolute atomic E-state index is 12.0. The summed E-state index contributed by atoms with van der Waals surface area (Å²) in [5, 5.41) is 3.20. The third-order valence-electron chi connectivity index (χ3n) is 3.27. The number of hydrogen-bond acceptors (Lipinski definition) is 6. The van der Waals surface area contributed by atoms with E-state index in [1.807, 2.05) is 4.90 Å². The van der Waals surface area contributed by atoms with Gasteiger partial charge >= 0.3 is 5.69 Å². The zero-order valence-electron chi connectivity index (χ0n) is 10.3. The average molecular weight is 251 g/mol. The Morgan fingerprint density at radius 1 is 1.11 bits per heavy atom. The van der Waals surface area contributed by atoms with Gasteiger partial charge in [0, 0.05) is 26.2 Å². The van der Waals surface area contributed by atoms with Crippen LogP contribution in [0.15, 0.2) is 4.79 Å². The largest absolute Gasteiger partial charge is 0.378 e.